The molecule has 0 radical (unpaired) electrons. The highest BCUT2D eigenvalue weighted by Crippen LogP contribution is 2.38. The number of hydrogen-bond acceptors (Lipinski definition) is 3. The monoisotopic (exact) mass is 283 g/mol. The van der Waals surface area contributed by atoms with Crippen LogP contribution in [0.1, 0.15) is 46.3 Å². The molecule has 21 heavy (non-hydrogen) atoms. The molecule has 1 N–H and O–H groups in total. The van der Waals surface area contributed by atoms with Crippen molar-refractivity contribution in [3.05, 3.63) is 53.1 Å². The predicted octanol–water partition coefficient (Wildman–Crippen LogP) is 2.81. The van der Waals surface area contributed by atoms with Crippen molar-refractivity contribution in [3.8, 4) is 0 Å². The van der Waals surface area contributed by atoms with Gasteiger partial charge in [0.25, 0.3) is 0 Å². The zero-order valence-corrected chi connectivity index (χ0v) is 12.6. The molecule has 0 amide bonds. The summed E-state index contributed by atoms with van der Waals surface area (Å²) in [5.41, 5.74) is 4.12. The smallest absolute Gasteiger partial charge is 0.178 e. The van der Waals surface area contributed by atoms with E-state index in [4.69, 9.17) is 0 Å². The first-order valence-electron chi connectivity index (χ1n) is 7.49. The molecule has 0 aliphatic heterocycles. The van der Waals surface area contributed by atoms with Gasteiger partial charge in [0, 0.05) is 35.7 Å². The van der Waals surface area contributed by atoms with Gasteiger partial charge in [-0.15, -0.1) is 0 Å². The van der Waals surface area contributed by atoms with Crippen LogP contribution in [0, 0.1) is 13.8 Å². The van der Waals surface area contributed by atoms with Gasteiger partial charge in [-0.05, 0) is 44.9 Å². The van der Waals surface area contributed by atoms with E-state index >= 15 is 0 Å². The van der Waals surface area contributed by atoms with Gasteiger partial charge in [0.05, 0.1) is 12.2 Å². The average Bonchev–Trinajstić information content (AvgIpc) is 3.26. The second-order valence-electron chi connectivity index (χ2n) is 5.73. The molecule has 0 aromatic carbocycles. The number of carbonyl (C=O) groups is 1. The Kier molecular flexibility index (Phi) is 3.88. The minimum Gasteiger partial charge on any atom is -0.345 e. The lowest BCUT2D eigenvalue weighted by atomic mass is 10.1. The molecule has 0 bridgehead atoms. The van der Waals surface area contributed by atoms with Crippen LogP contribution in [0.25, 0.3) is 0 Å². The van der Waals surface area contributed by atoms with Crippen LogP contribution in [0.2, 0.25) is 0 Å². The van der Waals surface area contributed by atoms with Crippen molar-refractivity contribution in [2.45, 2.75) is 39.3 Å². The van der Waals surface area contributed by atoms with E-state index in [0.717, 1.165) is 17.0 Å². The van der Waals surface area contributed by atoms with Gasteiger partial charge in [0.15, 0.2) is 5.78 Å². The van der Waals surface area contributed by atoms with E-state index < -0.39 is 0 Å². The first-order chi connectivity index (χ1) is 10.2. The molecule has 1 fully saturated rings. The molecular weight excluding hydrogens is 262 g/mol. The minimum absolute atomic E-state index is 0.158. The summed E-state index contributed by atoms with van der Waals surface area (Å²) in [5, 5.41) is 3.18. The van der Waals surface area contributed by atoms with Gasteiger partial charge in [-0.3, -0.25) is 9.78 Å². The fraction of sp³-hybridized carbons (Fsp3) is 0.412. The Morgan fingerprint density at radius 3 is 2.86 bits per heavy atom. The van der Waals surface area contributed by atoms with Gasteiger partial charge in [0.2, 0.25) is 0 Å². The van der Waals surface area contributed by atoms with Crippen LogP contribution in [0.4, 0.5) is 0 Å². The summed E-state index contributed by atoms with van der Waals surface area (Å²) in [5.74, 6) is 0.158. The van der Waals surface area contributed by atoms with Crippen molar-refractivity contribution in [2.24, 2.45) is 0 Å². The zero-order chi connectivity index (χ0) is 14.8. The van der Waals surface area contributed by atoms with Gasteiger partial charge < -0.3 is 9.88 Å². The fourth-order valence-corrected chi connectivity index (χ4v) is 2.86. The predicted molar refractivity (Wildman–Crippen MR) is 82.5 cm³/mol. The van der Waals surface area contributed by atoms with Gasteiger partial charge in [-0.2, -0.15) is 0 Å². The van der Waals surface area contributed by atoms with E-state index in [1.165, 1.54) is 18.5 Å². The number of aryl methyl sites for hydroxylation is 1. The number of pyridine rings is 1. The maximum atomic E-state index is 12.4. The summed E-state index contributed by atoms with van der Waals surface area (Å²) in [7, 11) is 0. The van der Waals surface area contributed by atoms with Crippen molar-refractivity contribution in [2.75, 3.05) is 6.54 Å². The summed E-state index contributed by atoms with van der Waals surface area (Å²) in [6.45, 7) is 5.11. The number of nitrogens with zero attached hydrogens (tertiary/aromatic N) is 2. The Balaban J connectivity index is 1.62. The van der Waals surface area contributed by atoms with Crippen molar-refractivity contribution >= 4 is 5.78 Å². The average molecular weight is 283 g/mol. The molecule has 1 aliphatic rings. The normalized spacial score (nSPS) is 14.4. The first-order valence-corrected chi connectivity index (χ1v) is 7.49. The second-order valence-corrected chi connectivity index (χ2v) is 5.73. The summed E-state index contributed by atoms with van der Waals surface area (Å²) in [6.07, 6.45) is 4.24. The molecule has 110 valence electrons. The molecule has 2 aromatic heterocycles. The molecule has 1 saturated carbocycles. The fourth-order valence-electron chi connectivity index (χ4n) is 2.86. The topological polar surface area (TPSA) is 46.9 Å². The Labute approximate surface area is 125 Å². The summed E-state index contributed by atoms with van der Waals surface area (Å²) >= 11 is 0. The molecular formula is C17H21N3O. The quantitative estimate of drug-likeness (QED) is 0.829. The lowest BCUT2D eigenvalue weighted by molar-refractivity contribution is 0.0990. The minimum atomic E-state index is 0.158. The zero-order valence-electron chi connectivity index (χ0n) is 12.6. The Hall–Kier alpha value is -1.94. The van der Waals surface area contributed by atoms with Gasteiger partial charge >= 0.3 is 0 Å². The van der Waals surface area contributed by atoms with Gasteiger partial charge in [0.1, 0.15) is 0 Å². The maximum absolute atomic E-state index is 12.4. The SMILES string of the molecule is Cc1cc(C(=O)CNCc2ccccn2)c(C)n1C1CC1. The Morgan fingerprint density at radius 1 is 1.38 bits per heavy atom. The third-order valence-corrected chi connectivity index (χ3v) is 4.01. The van der Waals surface area contributed by atoms with Crippen LogP contribution in [-0.2, 0) is 6.54 Å². The van der Waals surface area contributed by atoms with Gasteiger partial charge in [-0.25, -0.2) is 0 Å². The number of hydrogen-bond donors (Lipinski definition) is 1. The molecule has 4 heteroatoms. The van der Waals surface area contributed by atoms with Gasteiger partial charge in [-0.1, -0.05) is 6.07 Å². The van der Waals surface area contributed by atoms with Crippen LogP contribution >= 0.6 is 0 Å². The summed E-state index contributed by atoms with van der Waals surface area (Å²) in [4.78, 5) is 16.6. The third kappa shape index (κ3) is 3.05. The number of rotatable bonds is 6. The second kappa shape index (κ2) is 5.82. The van der Waals surface area contributed by atoms with Crippen LogP contribution in [0.5, 0.6) is 0 Å². The molecule has 0 atom stereocenters. The van der Waals surface area contributed by atoms with E-state index in [1.54, 1.807) is 6.20 Å². The summed E-state index contributed by atoms with van der Waals surface area (Å²) < 4.78 is 2.31. The highest BCUT2D eigenvalue weighted by molar-refractivity contribution is 5.99. The maximum Gasteiger partial charge on any atom is 0.178 e. The molecule has 1 aliphatic carbocycles. The van der Waals surface area contributed by atoms with Crippen molar-refractivity contribution in [3.63, 3.8) is 0 Å². The van der Waals surface area contributed by atoms with E-state index in [9.17, 15) is 4.79 Å². The summed E-state index contributed by atoms with van der Waals surface area (Å²) in [6, 6.07) is 8.44. The van der Waals surface area contributed by atoms with E-state index in [1.807, 2.05) is 24.3 Å². The lowest BCUT2D eigenvalue weighted by Crippen LogP contribution is -2.23. The number of carbonyl (C=O) groups excluding carboxylic acids is 1. The van der Waals surface area contributed by atoms with E-state index in [-0.39, 0.29) is 5.78 Å². The van der Waals surface area contributed by atoms with Crippen LogP contribution < -0.4 is 5.32 Å². The third-order valence-electron chi connectivity index (χ3n) is 4.01. The van der Waals surface area contributed by atoms with E-state index in [0.29, 0.717) is 19.1 Å². The molecule has 4 nitrogen and oxygen atoms in total. The molecule has 0 unspecified atom stereocenters. The number of aromatic nitrogens is 2. The lowest BCUT2D eigenvalue weighted by Gasteiger charge is -2.08. The van der Waals surface area contributed by atoms with Crippen LogP contribution in [0.15, 0.2) is 30.5 Å². The van der Waals surface area contributed by atoms with Crippen molar-refractivity contribution < 1.29 is 4.79 Å². The molecule has 3 rings (SSSR count). The van der Waals surface area contributed by atoms with Crippen molar-refractivity contribution in [1.82, 2.24) is 14.9 Å². The molecule has 0 spiro atoms. The van der Waals surface area contributed by atoms with E-state index in [2.05, 4.69) is 28.7 Å². The molecule has 2 heterocycles. The largest absolute Gasteiger partial charge is 0.345 e. The molecule has 2 aromatic rings. The molecule has 0 saturated heterocycles. The van der Waals surface area contributed by atoms with Crippen LogP contribution in [-0.4, -0.2) is 21.9 Å². The van der Waals surface area contributed by atoms with Crippen LogP contribution in [0.3, 0.4) is 0 Å². The Bertz CT molecular complexity index is 642. The Morgan fingerprint density at radius 2 is 2.19 bits per heavy atom. The number of Topliss-reactive ketones (excluding diaryl/α,β-unsaturated/α-hetero) is 1. The highest BCUT2D eigenvalue weighted by atomic mass is 16.1. The number of ketones is 1. The number of nitrogens with one attached hydrogen (secondary N) is 1. The highest BCUT2D eigenvalue weighted by Gasteiger charge is 2.28. The van der Waals surface area contributed by atoms with Crippen molar-refractivity contribution in [1.29, 1.82) is 0 Å². The first kappa shape index (κ1) is 14.0. The standard InChI is InChI=1S/C17H21N3O/c1-12-9-16(13(2)20(12)15-6-7-15)17(21)11-18-10-14-5-3-4-8-19-14/h3-5,8-9,15,18H,6-7,10-11H2,1-2H3.